The molecule has 0 radical (unpaired) electrons. The summed E-state index contributed by atoms with van der Waals surface area (Å²) in [6.45, 7) is 2.17. The monoisotopic (exact) mass is 236 g/mol. The maximum Gasteiger partial charge on any atom is 0.153 e. The number of unbranched alkanes of at least 4 members (excludes halogenated alkanes) is 2. The zero-order valence-corrected chi connectivity index (χ0v) is 10.8. The standard InChI is InChI=1S/C14H20O3/c1-4-5-6-7-11-8-14(17-3)12(10-15)9-13(11)16-2/h8-10H,4-7H2,1-3H3. The largest absolute Gasteiger partial charge is 0.496 e. The average Bonchev–Trinajstić information content (AvgIpc) is 2.38. The predicted molar refractivity (Wildman–Crippen MR) is 68.2 cm³/mol. The van der Waals surface area contributed by atoms with Crippen LogP contribution in [0.25, 0.3) is 0 Å². The lowest BCUT2D eigenvalue weighted by atomic mass is 10.0. The van der Waals surface area contributed by atoms with E-state index in [1.165, 1.54) is 12.8 Å². The lowest BCUT2D eigenvalue weighted by Crippen LogP contribution is -1.98. The Kier molecular flexibility index (Phi) is 5.53. The molecule has 0 saturated heterocycles. The Hall–Kier alpha value is -1.51. The third-order valence-corrected chi connectivity index (χ3v) is 2.81. The summed E-state index contributed by atoms with van der Waals surface area (Å²) in [6, 6.07) is 3.64. The Morgan fingerprint density at radius 3 is 2.35 bits per heavy atom. The molecule has 1 aromatic carbocycles. The molecule has 0 spiro atoms. The predicted octanol–water partition coefficient (Wildman–Crippen LogP) is 3.25. The fraction of sp³-hybridized carbons (Fsp3) is 0.500. The Balaban J connectivity index is 2.97. The molecule has 0 aliphatic carbocycles. The first-order valence-corrected chi connectivity index (χ1v) is 5.96. The van der Waals surface area contributed by atoms with E-state index in [-0.39, 0.29) is 0 Å². The zero-order chi connectivity index (χ0) is 12.7. The van der Waals surface area contributed by atoms with E-state index in [1.807, 2.05) is 6.07 Å². The minimum absolute atomic E-state index is 0.531. The summed E-state index contributed by atoms with van der Waals surface area (Å²) in [5.41, 5.74) is 1.63. The van der Waals surface area contributed by atoms with E-state index in [9.17, 15) is 4.79 Å². The molecule has 3 nitrogen and oxygen atoms in total. The summed E-state index contributed by atoms with van der Waals surface area (Å²) in [4.78, 5) is 10.9. The van der Waals surface area contributed by atoms with Crippen LogP contribution in [0.3, 0.4) is 0 Å². The highest BCUT2D eigenvalue weighted by Gasteiger charge is 2.10. The molecule has 0 heterocycles. The van der Waals surface area contributed by atoms with Gasteiger partial charge in [0.2, 0.25) is 0 Å². The van der Waals surface area contributed by atoms with Gasteiger partial charge in [0.25, 0.3) is 0 Å². The first-order chi connectivity index (χ1) is 8.26. The van der Waals surface area contributed by atoms with Gasteiger partial charge in [-0.25, -0.2) is 0 Å². The van der Waals surface area contributed by atoms with Crippen molar-refractivity contribution in [2.75, 3.05) is 14.2 Å². The first kappa shape index (κ1) is 13.6. The summed E-state index contributed by atoms with van der Waals surface area (Å²) in [5.74, 6) is 1.39. The van der Waals surface area contributed by atoms with Gasteiger partial charge in [0.1, 0.15) is 11.5 Å². The van der Waals surface area contributed by atoms with E-state index in [0.717, 1.165) is 30.4 Å². The molecule has 0 N–H and O–H groups in total. The molecule has 0 fully saturated rings. The molecule has 0 amide bonds. The molecule has 0 saturated carbocycles. The minimum Gasteiger partial charge on any atom is -0.496 e. The Labute approximate surface area is 103 Å². The van der Waals surface area contributed by atoms with Crippen LogP contribution < -0.4 is 9.47 Å². The van der Waals surface area contributed by atoms with Crippen LogP contribution in [-0.4, -0.2) is 20.5 Å². The van der Waals surface area contributed by atoms with Crippen LogP contribution >= 0.6 is 0 Å². The quantitative estimate of drug-likeness (QED) is 0.538. The minimum atomic E-state index is 0.531. The van der Waals surface area contributed by atoms with Gasteiger partial charge in [-0.3, -0.25) is 4.79 Å². The van der Waals surface area contributed by atoms with E-state index in [2.05, 4.69) is 6.92 Å². The van der Waals surface area contributed by atoms with E-state index in [1.54, 1.807) is 20.3 Å². The summed E-state index contributed by atoms with van der Waals surface area (Å²) in [7, 11) is 3.20. The van der Waals surface area contributed by atoms with Crippen molar-refractivity contribution in [3.63, 3.8) is 0 Å². The van der Waals surface area contributed by atoms with E-state index >= 15 is 0 Å². The van der Waals surface area contributed by atoms with Crippen molar-refractivity contribution in [3.05, 3.63) is 23.3 Å². The number of carbonyl (C=O) groups excluding carboxylic acids is 1. The number of carbonyl (C=O) groups is 1. The SMILES string of the molecule is CCCCCc1cc(OC)c(C=O)cc1OC. The lowest BCUT2D eigenvalue weighted by molar-refractivity contribution is 0.112. The second-order valence-corrected chi connectivity index (χ2v) is 3.98. The van der Waals surface area contributed by atoms with Crippen LogP contribution in [0.5, 0.6) is 11.5 Å². The van der Waals surface area contributed by atoms with Crippen LogP contribution in [0.4, 0.5) is 0 Å². The Morgan fingerprint density at radius 2 is 1.82 bits per heavy atom. The van der Waals surface area contributed by atoms with Crippen molar-refractivity contribution in [1.82, 2.24) is 0 Å². The summed E-state index contributed by atoms with van der Waals surface area (Å²) in [6.07, 6.45) is 5.24. The second kappa shape index (κ2) is 6.94. The number of aldehydes is 1. The molecular weight excluding hydrogens is 216 g/mol. The van der Waals surface area contributed by atoms with Gasteiger partial charge in [-0.05, 0) is 30.5 Å². The number of methoxy groups -OCH3 is 2. The highest BCUT2D eigenvalue weighted by molar-refractivity contribution is 5.80. The highest BCUT2D eigenvalue weighted by Crippen LogP contribution is 2.29. The summed E-state index contributed by atoms with van der Waals surface area (Å²) < 4.78 is 10.5. The molecule has 3 heteroatoms. The maximum atomic E-state index is 10.9. The van der Waals surface area contributed by atoms with Crippen molar-refractivity contribution in [2.24, 2.45) is 0 Å². The van der Waals surface area contributed by atoms with Crippen molar-refractivity contribution in [3.8, 4) is 11.5 Å². The molecule has 0 aliphatic rings. The molecule has 0 atom stereocenters. The van der Waals surface area contributed by atoms with E-state index < -0.39 is 0 Å². The van der Waals surface area contributed by atoms with Gasteiger partial charge in [-0.2, -0.15) is 0 Å². The normalized spacial score (nSPS) is 10.1. The lowest BCUT2D eigenvalue weighted by Gasteiger charge is -2.12. The van der Waals surface area contributed by atoms with Gasteiger partial charge < -0.3 is 9.47 Å². The molecule has 94 valence electrons. The maximum absolute atomic E-state index is 10.9. The van der Waals surface area contributed by atoms with Crippen molar-refractivity contribution in [1.29, 1.82) is 0 Å². The third-order valence-electron chi connectivity index (χ3n) is 2.81. The second-order valence-electron chi connectivity index (χ2n) is 3.98. The number of hydrogen-bond donors (Lipinski definition) is 0. The first-order valence-electron chi connectivity index (χ1n) is 5.96. The van der Waals surface area contributed by atoms with Gasteiger partial charge in [0, 0.05) is 0 Å². The van der Waals surface area contributed by atoms with Crippen LogP contribution in [-0.2, 0) is 6.42 Å². The fourth-order valence-corrected chi connectivity index (χ4v) is 1.84. The topological polar surface area (TPSA) is 35.5 Å². The van der Waals surface area contributed by atoms with Crippen LogP contribution in [0.15, 0.2) is 12.1 Å². The molecule has 0 aromatic heterocycles. The Bertz CT molecular complexity index is 372. The van der Waals surface area contributed by atoms with Crippen molar-refractivity contribution >= 4 is 6.29 Å². The van der Waals surface area contributed by atoms with E-state index in [4.69, 9.17) is 9.47 Å². The fourth-order valence-electron chi connectivity index (χ4n) is 1.84. The third kappa shape index (κ3) is 3.48. The number of hydrogen-bond acceptors (Lipinski definition) is 3. The molecular formula is C14H20O3. The number of benzene rings is 1. The van der Waals surface area contributed by atoms with Gasteiger partial charge in [-0.1, -0.05) is 19.8 Å². The van der Waals surface area contributed by atoms with Crippen LogP contribution in [0.1, 0.15) is 42.1 Å². The molecule has 0 aliphatic heterocycles. The van der Waals surface area contributed by atoms with Crippen molar-refractivity contribution < 1.29 is 14.3 Å². The van der Waals surface area contributed by atoms with Crippen LogP contribution in [0, 0.1) is 0 Å². The van der Waals surface area contributed by atoms with Crippen LogP contribution in [0.2, 0.25) is 0 Å². The van der Waals surface area contributed by atoms with Gasteiger partial charge in [0.15, 0.2) is 6.29 Å². The molecule has 17 heavy (non-hydrogen) atoms. The van der Waals surface area contributed by atoms with Crippen molar-refractivity contribution in [2.45, 2.75) is 32.6 Å². The molecule has 0 bridgehead atoms. The smallest absolute Gasteiger partial charge is 0.153 e. The highest BCUT2D eigenvalue weighted by atomic mass is 16.5. The molecule has 1 aromatic rings. The zero-order valence-electron chi connectivity index (χ0n) is 10.8. The average molecular weight is 236 g/mol. The van der Waals surface area contributed by atoms with Gasteiger partial charge in [0.05, 0.1) is 19.8 Å². The number of aryl methyl sites for hydroxylation is 1. The van der Waals surface area contributed by atoms with Gasteiger partial charge in [-0.15, -0.1) is 0 Å². The Morgan fingerprint density at radius 1 is 1.12 bits per heavy atom. The number of rotatable bonds is 7. The number of ether oxygens (including phenoxy) is 2. The molecule has 1 rings (SSSR count). The molecule has 0 unspecified atom stereocenters. The summed E-state index contributed by atoms with van der Waals surface area (Å²) in [5, 5.41) is 0. The summed E-state index contributed by atoms with van der Waals surface area (Å²) >= 11 is 0. The van der Waals surface area contributed by atoms with Gasteiger partial charge >= 0.3 is 0 Å². The van der Waals surface area contributed by atoms with E-state index in [0.29, 0.717) is 11.3 Å².